The van der Waals surface area contributed by atoms with Crippen molar-refractivity contribution in [2.75, 3.05) is 0 Å². The van der Waals surface area contributed by atoms with Crippen LogP contribution in [-0.2, 0) is 0 Å². The molecule has 0 amide bonds. The van der Waals surface area contributed by atoms with Gasteiger partial charge in [0.25, 0.3) is 0 Å². The Kier molecular flexibility index (Phi) is 4.66. The standard InChI is InChI=1S/C15H22BrNO/c1-10(2)12-5-4-11(3)8-15(12)18-14-6-7-17-9-13(14)16/h6-7,9-12,15H,4-5,8H2,1-3H3. The van der Waals surface area contributed by atoms with Crippen molar-refractivity contribution >= 4 is 15.9 Å². The van der Waals surface area contributed by atoms with Crippen LogP contribution >= 0.6 is 15.9 Å². The van der Waals surface area contributed by atoms with Crippen molar-refractivity contribution in [2.45, 2.75) is 46.1 Å². The molecule has 0 saturated heterocycles. The maximum atomic E-state index is 6.24. The number of hydrogen-bond donors (Lipinski definition) is 0. The Bertz CT molecular complexity index is 394. The molecule has 0 aliphatic heterocycles. The number of hydrogen-bond acceptors (Lipinski definition) is 2. The van der Waals surface area contributed by atoms with E-state index in [0.29, 0.717) is 17.9 Å². The molecule has 3 unspecified atom stereocenters. The highest BCUT2D eigenvalue weighted by Crippen LogP contribution is 2.37. The summed E-state index contributed by atoms with van der Waals surface area (Å²) in [6, 6.07) is 1.95. The molecule has 2 nitrogen and oxygen atoms in total. The molecular weight excluding hydrogens is 290 g/mol. The molecule has 18 heavy (non-hydrogen) atoms. The Labute approximate surface area is 118 Å². The maximum Gasteiger partial charge on any atom is 0.137 e. The van der Waals surface area contributed by atoms with Crippen LogP contribution in [0.15, 0.2) is 22.9 Å². The lowest BCUT2D eigenvalue weighted by Crippen LogP contribution is -2.36. The molecule has 0 spiro atoms. The van der Waals surface area contributed by atoms with Gasteiger partial charge in [-0.15, -0.1) is 0 Å². The Morgan fingerprint density at radius 3 is 2.83 bits per heavy atom. The number of halogens is 1. The van der Waals surface area contributed by atoms with E-state index in [4.69, 9.17) is 4.74 Å². The first-order valence-electron chi connectivity index (χ1n) is 6.84. The van der Waals surface area contributed by atoms with Crippen molar-refractivity contribution < 1.29 is 4.74 Å². The Morgan fingerprint density at radius 1 is 1.39 bits per heavy atom. The van der Waals surface area contributed by atoms with Gasteiger partial charge >= 0.3 is 0 Å². The molecule has 100 valence electrons. The average Bonchev–Trinajstić information content (AvgIpc) is 2.32. The summed E-state index contributed by atoms with van der Waals surface area (Å²) in [6.07, 6.45) is 7.71. The number of pyridine rings is 1. The second kappa shape index (κ2) is 6.05. The van der Waals surface area contributed by atoms with Crippen molar-refractivity contribution in [3.05, 3.63) is 22.9 Å². The van der Waals surface area contributed by atoms with E-state index in [-0.39, 0.29) is 0 Å². The lowest BCUT2D eigenvalue weighted by molar-refractivity contribution is 0.0454. The van der Waals surface area contributed by atoms with Crippen LogP contribution in [-0.4, -0.2) is 11.1 Å². The van der Waals surface area contributed by atoms with Gasteiger partial charge in [0.15, 0.2) is 0 Å². The summed E-state index contributed by atoms with van der Waals surface area (Å²) in [5.74, 6) is 3.05. The molecule has 1 aliphatic rings. The Morgan fingerprint density at radius 2 is 2.17 bits per heavy atom. The fourth-order valence-corrected chi connectivity index (χ4v) is 3.22. The number of aromatic nitrogens is 1. The molecule has 0 radical (unpaired) electrons. The first-order chi connectivity index (χ1) is 8.58. The van der Waals surface area contributed by atoms with Gasteiger partial charge in [-0.2, -0.15) is 0 Å². The summed E-state index contributed by atoms with van der Waals surface area (Å²) in [5, 5.41) is 0. The molecule has 2 rings (SSSR count). The quantitative estimate of drug-likeness (QED) is 0.808. The van der Waals surface area contributed by atoms with Crippen LogP contribution in [0.2, 0.25) is 0 Å². The summed E-state index contributed by atoms with van der Waals surface area (Å²) < 4.78 is 7.19. The zero-order valence-electron chi connectivity index (χ0n) is 11.4. The van der Waals surface area contributed by atoms with Gasteiger partial charge in [-0.1, -0.05) is 27.2 Å². The van der Waals surface area contributed by atoms with Crippen LogP contribution in [0.5, 0.6) is 5.75 Å². The van der Waals surface area contributed by atoms with Gasteiger partial charge in [0.2, 0.25) is 0 Å². The minimum absolute atomic E-state index is 0.340. The Balaban J connectivity index is 2.11. The zero-order chi connectivity index (χ0) is 13.1. The molecule has 0 bridgehead atoms. The topological polar surface area (TPSA) is 22.1 Å². The van der Waals surface area contributed by atoms with Gasteiger partial charge in [0, 0.05) is 12.4 Å². The van der Waals surface area contributed by atoms with E-state index >= 15 is 0 Å². The highest BCUT2D eigenvalue weighted by Gasteiger charge is 2.32. The minimum Gasteiger partial charge on any atom is -0.489 e. The number of rotatable bonds is 3. The van der Waals surface area contributed by atoms with E-state index in [0.717, 1.165) is 22.6 Å². The monoisotopic (exact) mass is 311 g/mol. The third kappa shape index (κ3) is 3.25. The predicted molar refractivity (Wildman–Crippen MR) is 77.7 cm³/mol. The van der Waals surface area contributed by atoms with E-state index in [1.165, 1.54) is 12.8 Å². The molecule has 3 heteroatoms. The molecule has 1 saturated carbocycles. The highest BCUT2D eigenvalue weighted by molar-refractivity contribution is 9.10. The lowest BCUT2D eigenvalue weighted by Gasteiger charge is -2.37. The van der Waals surface area contributed by atoms with Crippen LogP contribution in [0.1, 0.15) is 40.0 Å². The largest absolute Gasteiger partial charge is 0.489 e. The van der Waals surface area contributed by atoms with E-state index in [9.17, 15) is 0 Å². The molecule has 1 heterocycles. The van der Waals surface area contributed by atoms with E-state index < -0.39 is 0 Å². The van der Waals surface area contributed by atoms with Gasteiger partial charge < -0.3 is 4.74 Å². The van der Waals surface area contributed by atoms with Gasteiger partial charge in [0.05, 0.1) is 4.47 Å². The van der Waals surface area contributed by atoms with Gasteiger partial charge in [0.1, 0.15) is 11.9 Å². The molecule has 1 aromatic rings. The predicted octanol–water partition coefficient (Wildman–Crippen LogP) is 4.68. The third-order valence-corrected chi connectivity index (χ3v) is 4.57. The van der Waals surface area contributed by atoms with Crippen LogP contribution in [0, 0.1) is 17.8 Å². The summed E-state index contributed by atoms with van der Waals surface area (Å²) in [7, 11) is 0. The fourth-order valence-electron chi connectivity index (χ4n) is 2.87. The average molecular weight is 312 g/mol. The molecular formula is C15H22BrNO. The summed E-state index contributed by atoms with van der Waals surface area (Å²) in [6.45, 7) is 6.94. The molecule has 1 aliphatic carbocycles. The Hall–Kier alpha value is -0.570. The van der Waals surface area contributed by atoms with Crippen LogP contribution in [0.3, 0.4) is 0 Å². The second-order valence-corrected chi connectivity index (χ2v) is 6.64. The third-order valence-electron chi connectivity index (χ3n) is 3.97. The smallest absolute Gasteiger partial charge is 0.137 e. The van der Waals surface area contributed by atoms with Gasteiger partial charge in [-0.05, 0) is 52.6 Å². The van der Waals surface area contributed by atoms with Crippen LogP contribution < -0.4 is 4.74 Å². The van der Waals surface area contributed by atoms with E-state index in [2.05, 4.69) is 41.7 Å². The normalized spacial score (nSPS) is 28.4. The van der Waals surface area contributed by atoms with E-state index in [1.54, 1.807) is 12.4 Å². The van der Waals surface area contributed by atoms with Crippen LogP contribution in [0.4, 0.5) is 0 Å². The summed E-state index contributed by atoms with van der Waals surface area (Å²) in [4.78, 5) is 4.08. The number of nitrogens with zero attached hydrogens (tertiary/aromatic N) is 1. The minimum atomic E-state index is 0.340. The van der Waals surface area contributed by atoms with Gasteiger partial charge in [-0.3, -0.25) is 4.98 Å². The molecule has 0 aromatic carbocycles. The molecule has 3 atom stereocenters. The second-order valence-electron chi connectivity index (χ2n) is 5.79. The van der Waals surface area contributed by atoms with Crippen molar-refractivity contribution in [1.29, 1.82) is 0 Å². The van der Waals surface area contributed by atoms with Crippen molar-refractivity contribution in [3.63, 3.8) is 0 Å². The van der Waals surface area contributed by atoms with E-state index in [1.807, 2.05) is 6.07 Å². The van der Waals surface area contributed by atoms with Crippen molar-refractivity contribution in [3.8, 4) is 5.75 Å². The highest BCUT2D eigenvalue weighted by atomic mass is 79.9. The summed E-state index contributed by atoms with van der Waals surface area (Å²) >= 11 is 3.51. The van der Waals surface area contributed by atoms with Crippen molar-refractivity contribution in [1.82, 2.24) is 4.98 Å². The molecule has 0 N–H and O–H groups in total. The first kappa shape index (κ1) is 13.9. The van der Waals surface area contributed by atoms with Gasteiger partial charge in [-0.25, -0.2) is 0 Å². The fraction of sp³-hybridized carbons (Fsp3) is 0.667. The zero-order valence-corrected chi connectivity index (χ0v) is 13.0. The SMILES string of the molecule is CC1CCC(C(C)C)C(Oc2ccncc2Br)C1. The lowest BCUT2D eigenvalue weighted by atomic mass is 9.75. The number of ether oxygens (including phenoxy) is 1. The van der Waals surface area contributed by atoms with Crippen molar-refractivity contribution in [2.24, 2.45) is 17.8 Å². The first-order valence-corrected chi connectivity index (χ1v) is 7.63. The maximum absolute atomic E-state index is 6.24. The molecule has 1 fully saturated rings. The summed E-state index contributed by atoms with van der Waals surface area (Å²) in [5.41, 5.74) is 0. The molecule has 1 aromatic heterocycles. The van der Waals surface area contributed by atoms with Crippen LogP contribution in [0.25, 0.3) is 0 Å².